The van der Waals surface area contributed by atoms with Gasteiger partial charge in [-0.2, -0.15) is 0 Å². The molecule has 8 heteroatoms. The first-order chi connectivity index (χ1) is 14.7. The van der Waals surface area contributed by atoms with Gasteiger partial charge in [-0.05, 0) is 50.5 Å². The van der Waals surface area contributed by atoms with Gasteiger partial charge in [-0.25, -0.2) is 14.8 Å². The molecule has 3 saturated heterocycles. The Morgan fingerprint density at radius 2 is 1.77 bits per heavy atom. The van der Waals surface area contributed by atoms with E-state index in [4.69, 9.17) is 0 Å². The summed E-state index contributed by atoms with van der Waals surface area (Å²) in [6, 6.07) is 1.96. The summed E-state index contributed by atoms with van der Waals surface area (Å²) < 4.78 is 0. The normalized spacial score (nSPS) is 28.9. The predicted molar refractivity (Wildman–Crippen MR) is 113 cm³/mol. The Labute approximate surface area is 178 Å². The molecule has 0 spiro atoms. The third kappa shape index (κ3) is 3.72. The molecule has 1 aromatic heterocycles. The topological polar surface area (TPSA) is 81.7 Å². The van der Waals surface area contributed by atoms with Crippen LogP contribution in [0.4, 0.5) is 10.7 Å². The number of amides is 3. The Morgan fingerprint density at radius 1 is 1.03 bits per heavy atom. The largest absolute Gasteiger partial charge is 0.355 e. The van der Waals surface area contributed by atoms with Gasteiger partial charge in [0.05, 0.1) is 5.41 Å². The molecule has 4 aliphatic rings. The van der Waals surface area contributed by atoms with Gasteiger partial charge in [0.1, 0.15) is 0 Å². The maximum Gasteiger partial charge on any atom is 0.320 e. The lowest BCUT2D eigenvalue weighted by atomic mass is 9.74. The molecule has 0 unspecified atom stereocenters. The van der Waals surface area contributed by atoms with Crippen molar-refractivity contribution in [2.24, 2.45) is 17.3 Å². The molecule has 1 saturated carbocycles. The van der Waals surface area contributed by atoms with Crippen LogP contribution in [0.2, 0.25) is 0 Å². The first-order valence-corrected chi connectivity index (χ1v) is 11.5. The molecule has 0 aromatic carbocycles. The lowest BCUT2D eigenvalue weighted by molar-refractivity contribution is -0.132. The number of carbonyl (C=O) groups is 2. The van der Waals surface area contributed by atoms with Gasteiger partial charge in [0.25, 0.3) is 0 Å². The van der Waals surface area contributed by atoms with E-state index >= 15 is 0 Å². The summed E-state index contributed by atoms with van der Waals surface area (Å²) in [5.41, 5.74) is -0.478. The van der Waals surface area contributed by atoms with Crippen molar-refractivity contribution >= 4 is 17.9 Å². The van der Waals surface area contributed by atoms with E-state index in [1.807, 2.05) is 15.9 Å². The molecule has 0 bridgehead atoms. The fourth-order valence-electron chi connectivity index (χ4n) is 5.43. The summed E-state index contributed by atoms with van der Waals surface area (Å²) in [5, 5.41) is 3.26. The fourth-order valence-corrected chi connectivity index (χ4v) is 5.43. The Hall–Kier alpha value is -2.38. The number of carbonyl (C=O) groups excluding carboxylic acids is 2. The zero-order valence-electron chi connectivity index (χ0n) is 17.6. The van der Waals surface area contributed by atoms with Crippen LogP contribution < -0.4 is 10.2 Å². The van der Waals surface area contributed by atoms with Crippen molar-refractivity contribution in [2.45, 2.75) is 38.5 Å². The molecule has 4 heterocycles. The van der Waals surface area contributed by atoms with Gasteiger partial charge in [0.2, 0.25) is 11.9 Å². The molecule has 1 N–H and O–H groups in total. The zero-order chi connectivity index (χ0) is 20.6. The summed E-state index contributed by atoms with van der Waals surface area (Å²) in [7, 11) is 0. The SMILES string of the molecule is O=C(N1CCCC1)N1CCC[C@]2(C(=O)NCC3CC3)CN(c3ncccn3)C[C@@H]2C1. The summed E-state index contributed by atoms with van der Waals surface area (Å²) >= 11 is 0. The van der Waals surface area contributed by atoms with Crippen molar-refractivity contribution < 1.29 is 9.59 Å². The van der Waals surface area contributed by atoms with Gasteiger partial charge >= 0.3 is 6.03 Å². The minimum atomic E-state index is -0.478. The number of hydrogen-bond donors (Lipinski definition) is 1. The molecule has 8 nitrogen and oxygen atoms in total. The van der Waals surface area contributed by atoms with Crippen LogP contribution in [0.15, 0.2) is 18.5 Å². The summed E-state index contributed by atoms with van der Waals surface area (Å²) in [5.74, 6) is 1.58. The standard InChI is InChI=1S/C22H32N6O2/c29-19(25-13-17-5-6-17)22-7-3-12-27(21(30)26-10-1-2-11-26)14-18(22)15-28(16-22)20-23-8-4-9-24-20/h4,8-9,17-18H,1-3,5-7,10-16H2,(H,25,29)/t18-,22-/m0/s1. The molecule has 4 fully saturated rings. The molecule has 30 heavy (non-hydrogen) atoms. The highest BCUT2D eigenvalue weighted by Gasteiger charge is 2.54. The highest BCUT2D eigenvalue weighted by Crippen LogP contribution is 2.44. The third-order valence-electron chi connectivity index (χ3n) is 7.37. The summed E-state index contributed by atoms with van der Waals surface area (Å²) in [6.07, 6.45) is 9.79. The highest BCUT2D eigenvalue weighted by atomic mass is 16.2. The van der Waals surface area contributed by atoms with Crippen LogP contribution in [-0.2, 0) is 4.79 Å². The smallest absolute Gasteiger partial charge is 0.320 e. The first kappa shape index (κ1) is 19.6. The van der Waals surface area contributed by atoms with Gasteiger partial charge < -0.3 is 20.0 Å². The average molecular weight is 413 g/mol. The van der Waals surface area contributed by atoms with Crippen LogP contribution in [0, 0.1) is 17.3 Å². The van der Waals surface area contributed by atoms with Gasteiger partial charge in [-0.1, -0.05) is 0 Å². The van der Waals surface area contributed by atoms with E-state index in [-0.39, 0.29) is 17.9 Å². The number of fused-ring (bicyclic) bond motifs is 1. The molecular formula is C22H32N6O2. The van der Waals surface area contributed by atoms with E-state index in [1.165, 1.54) is 12.8 Å². The number of aromatic nitrogens is 2. The monoisotopic (exact) mass is 412 g/mol. The van der Waals surface area contributed by atoms with Crippen LogP contribution in [0.1, 0.15) is 38.5 Å². The van der Waals surface area contributed by atoms with Gasteiger partial charge in [0, 0.05) is 64.1 Å². The highest BCUT2D eigenvalue weighted by molar-refractivity contribution is 5.85. The average Bonchev–Trinajstić information content (AvgIpc) is 3.36. The Bertz CT molecular complexity index is 779. The molecule has 2 atom stereocenters. The number of nitrogens with one attached hydrogen (secondary N) is 1. The number of urea groups is 1. The number of anilines is 1. The maximum absolute atomic E-state index is 13.5. The first-order valence-electron chi connectivity index (χ1n) is 11.5. The molecule has 0 radical (unpaired) electrons. The van der Waals surface area contributed by atoms with E-state index in [1.54, 1.807) is 12.4 Å². The van der Waals surface area contributed by atoms with E-state index < -0.39 is 5.41 Å². The second-order valence-electron chi connectivity index (χ2n) is 9.46. The Morgan fingerprint density at radius 3 is 2.50 bits per heavy atom. The van der Waals surface area contributed by atoms with Crippen molar-refractivity contribution in [1.29, 1.82) is 0 Å². The predicted octanol–water partition coefficient (Wildman–Crippen LogP) is 1.74. The van der Waals surface area contributed by atoms with Crippen molar-refractivity contribution in [3.63, 3.8) is 0 Å². The number of hydrogen-bond acceptors (Lipinski definition) is 5. The van der Waals surface area contributed by atoms with Gasteiger partial charge in [0.15, 0.2) is 0 Å². The van der Waals surface area contributed by atoms with E-state index in [9.17, 15) is 9.59 Å². The van der Waals surface area contributed by atoms with Crippen LogP contribution in [0.5, 0.6) is 0 Å². The fraction of sp³-hybridized carbons (Fsp3) is 0.727. The van der Waals surface area contributed by atoms with Crippen LogP contribution >= 0.6 is 0 Å². The molecule has 5 rings (SSSR count). The minimum absolute atomic E-state index is 0.0922. The van der Waals surface area contributed by atoms with Gasteiger partial charge in [-0.3, -0.25) is 4.79 Å². The van der Waals surface area contributed by atoms with Crippen LogP contribution in [-0.4, -0.2) is 77.5 Å². The lowest BCUT2D eigenvalue weighted by Gasteiger charge is -2.33. The molecular weight excluding hydrogens is 380 g/mol. The maximum atomic E-state index is 13.5. The Kier molecular flexibility index (Phi) is 5.25. The van der Waals surface area contributed by atoms with Gasteiger partial charge in [-0.15, -0.1) is 0 Å². The van der Waals surface area contributed by atoms with E-state index in [0.717, 1.165) is 51.9 Å². The van der Waals surface area contributed by atoms with Crippen LogP contribution in [0.3, 0.4) is 0 Å². The Balaban J connectivity index is 1.38. The molecule has 162 valence electrons. The van der Waals surface area contributed by atoms with E-state index in [0.29, 0.717) is 31.5 Å². The van der Waals surface area contributed by atoms with Crippen molar-refractivity contribution in [3.8, 4) is 0 Å². The third-order valence-corrected chi connectivity index (χ3v) is 7.37. The van der Waals surface area contributed by atoms with Crippen molar-refractivity contribution in [2.75, 3.05) is 50.7 Å². The summed E-state index contributed by atoms with van der Waals surface area (Å²) in [6.45, 7) is 5.22. The van der Waals surface area contributed by atoms with Crippen molar-refractivity contribution in [1.82, 2.24) is 25.1 Å². The number of nitrogens with zero attached hydrogens (tertiary/aromatic N) is 5. The molecule has 1 aromatic rings. The quantitative estimate of drug-likeness (QED) is 0.815. The number of likely N-dealkylation sites (tertiary alicyclic amines) is 2. The molecule has 1 aliphatic carbocycles. The molecule has 3 aliphatic heterocycles. The lowest BCUT2D eigenvalue weighted by Crippen LogP contribution is -2.49. The van der Waals surface area contributed by atoms with Crippen LogP contribution in [0.25, 0.3) is 0 Å². The second-order valence-corrected chi connectivity index (χ2v) is 9.46. The van der Waals surface area contributed by atoms with Crippen molar-refractivity contribution in [3.05, 3.63) is 18.5 Å². The summed E-state index contributed by atoms with van der Waals surface area (Å²) in [4.78, 5) is 41.6. The number of rotatable bonds is 4. The minimum Gasteiger partial charge on any atom is -0.355 e. The zero-order valence-corrected chi connectivity index (χ0v) is 17.6. The second kappa shape index (κ2) is 8.04. The molecule has 3 amide bonds. The van der Waals surface area contributed by atoms with E-state index in [2.05, 4.69) is 20.2 Å².